The van der Waals surface area contributed by atoms with E-state index in [0.29, 0.717) is 26.2 Å². The molecule has 1 saturated heterocycles. The molecule has 7 nitrogen and oxygen atoms in total. The van der Waals surface area contributed by atoms with Gasteiger partial charge in [-0.3, -0.25) is 9.36 Å². The lowest BCUT2D eigenvalue weighted by atomic mass is 10.2. The molecule has 146 valence electrons. The van der Waals surface area contributed by atoms with Crippen LogP contribution in [-0.4, -0.2) is 60.3 Å². The highest BCUT2D eigenvalue weighted by Crippen LogP contribution is 2.32. The van der Waals surface area contributed by atoms with Crippen LogP contribution in [0.15, 0.2) is 30.6 Å². The Labute approximate surface area is 154 Å². The Morgan fingerprint density at radius 2 is 1.96 bits per heavy atom. The van der Waals surface area contributed by atoms with Crippen molar-refractivity contribution < 1.29 is 22.7 Å². The van der Waals surface area contributed by atoms with Gasteiger partial charge in [0.15, 0.2) is 0 Å². The van der Waals surface area contributed by atoms with Crippen molar-refractivity contribution in [2.75, 3.05) is 50.5 Å². The molecule has 0 unspecified atom stereocenters. The number of aromatic nitrogens is 2. The van der Waals surface area contributed by atoms with E-state index in [1.807, 2.05) is 4.90 Å². The second-order valence-corrected chi connectivity index (χ2v) is 6.16. The van der Waals surface area contributed by atoms with Crippen LogP contribution in [0.1, 0.15) is 5.82 Å². The molecular formula is C17H20F3N5O2. The minimum absolute atomic E-state index is 0.0346. The van der Waals surface area contributed by atoms with Crippen LogP contribution in [0.3, 0.4) is 0 Å². The first-order chi connectivity index (χ1) is 12.8. The summed E-state index contributed by atoms with van der Waals surface area (Å²) < 4.78 is 45.3. The molecule has 2 aromatic rings. The fraction of sp³-hybridized carbons (Fsp3) is 0.412. The minimum atomic E-state index is -4.58. The van der Waals surface area contributed by atoms with E-state index in [9.17, 15) is 18.0 Å². The summed E-state index contributed by atoms with van der Waals surface area (Å²) in [6.07, 6.45) is -2.26. The van der Waals surface area contributed by atoms with Crippen LogP contribution in [0.25, 0.3) is 5.69 Å². The fourth-order valence-corrected chi connectivity index (χ4v) is 3.07. The molecule has 0 aliphatic carbocycles. The number of nitrogen functional groups attached to an aromatic ring is 1. The quantitative estimate of drug-likeness (QED) is 0.815. The molecular weight excluding hydrogens is 363 g/mol. The molecule has 10 heteroatoms. The van der Waals surface area contributed by atoms with Gasteiger partial charge in [0, 0.05) is 51.4 Å². The predicted octanol–water partition coefficient (Wildman–Crippen LogP) is 1.77. The summed E-state index contributed by atoms with van der Waals surface area (Å²) in [5, 5.41) is 0. The first-order valence-corrected chi connectivity index (χ1v) is 8.33. The maximum Gasteiger partial charge on any atom is 0.450 e. The van der Waals surface area contributed by atoms with Crippen molar-refractivity contribution >= 4 is 17.3 Å². The largest absolute Gasteiger partial charge is 0.450 e. The second kappa shape index (κ2) is 7.47. The lowest BCUT2D eigenvalue weighted by molar-refractivity contribution is -0.145. The van der Waals surface area contributed by atoms with E-state index in [1.165, 1.54) is 13.3 Å². The predicted molar refractivity (Wildman–Crippen MR) is 93.6 cm³/mol. The first kappa shape index (κ1) is 19.0. The molecule has 0 atom stereocenters. The summed E-state index contributed by atoms with van der Waals surface area (Å²) in [4.78, 5) is 19.0. The number of hydrogen-bond acceptors (Lipinski definition) is 5. The number of benzene rings is 1. The number of amides is 1. The lowest BCUT2D eigenvalue weighted by Crippen LogP contribution is -2.49. The third kappa shape index (κ3) is 4.00. The van der Waals surface area contributed by atoms with E-state index in [4.69, 9.17) is 10.5 Å². The Hall–Kier alpha value is -2.75. The van der Waals surface area contributed by atoms with E-state index < -0.39 is 12.0 Å². The molecule has 0 bridgehead atoms. The summed E-state index contributed by atoms with van der Waals surface area (Å²) in [6.45, 7) is 2.19. The molecule has 0 saturated carbocycles. The van der Waals surface area contributed by atoms with Gasteiger partial charge in [0.05, 0.1) is 11.4 Å². The van der Waals surface area contributed by atoms with Crippen molar-refractivity contribution in [2.24, 2.45) is 0 Å². The van der Waals surface area contributed by atoms with Gasteiger partial charge in [0.25, 0.3) is 0 Å². The Morgan fingerprint density at radius 1 is 1.26 bits per heavy atom. The van der Waals surface area contributed by atoms with Gasteiger partial charge in [0.1, 0.15) is 6.61 Å². The molecule has 2 heterocycles. The lowest BCUT2D eigenvalue weighted by Gasteiger charge is -2.36. The van der Waals surface area contributed by atoms with Gasteiger partial charge in [-0.1, -0.05) is 0 Å². The molecule has 1 aliphatic rings. The van der Waals surface area contributed by atoms with Crippen LogP contribution in [0.4, 0.5) is 24.5 Å². The summed E-state index contributed by atoms with van der Waals surface area (Å²) in [7, 11) is 1.47. The number of alkyl halides is 3. The number of ether oxygens (including phenoxy) is 1. The highest BCUT2D eigenvalue weighted by atomic mass is 19.4. The van der Waals surface area contributed by atoms with E-state index in [1.54, 1.807) is 23.1 Å². The summed E-state index contributed by atoms with van der Waals surface area (Å²) in [6, 6.07) is 4.95. The van der Waals surface area contributed by atoms with Crippen LogP contribution in [0, 0.1) is 0 Å². The maximum atomic E-state index is 13.2. The number of hydrogen-bond donors (Lipinski definition) is 1. The van der Waals surface area contributed by atoms with E-state index in [0.717, 1.165) is 16.5 Å². The Morgan fingerprint density at radius 3 is 2.59 bits per heavy atom. The maximum absolute atomic E-state index is 13.2. The van der Waals surface area contributed by atoms with Crippen LogP contribution in [0.2, 0.25) is 0 Å². The van der Waals surface area contributed by atoms with E-state index >= 15 is 0 Å². The SMILES string of the molecule is COCC(=O)N1CCN(c2ccc(N)c(-n3ccnc3C(F)(F)F)c2)CC1. The molecule has 1 aromatic heterocycles. The minimum Gasteiger partial charge on any atom is -0.397 e. The van der Waals surface area contributed by atoms with Gasteiger partial charge in [-0.25, -0.2) is 4.98 Å². The van der Waals surface area contributed by atoms with Gasteiger partial charge in [-0.2, -0.15) is 13.2 Å². The topological polar surface area (TPSA) is 76.6 Å². The summed E-state index contributed by atoms with van der Waals surface area (Å²) in [5.74, 6) is -1.11. The average molecular weight is 383 g/mol. The van der Waals surface area contributed by atoms with Gasteiger partial charge in [-0.15, -0.1) is 0 Å². The molecule has 1 fully saturated rings. The second-order valence-electron chi connectivity index (χ2n) is 6.16. The molecule has 1 aromatic carbocycles. The fourth-order valence-electron chi connectivity index (χ4n) is 3.07. The van der Waals surface area contributed by atoms with Crippen molar-refractivity contribution in [3.05, 3.63) is 36.4 Å². The van der Waals surface area contributed by atoms with E-state index in [2.05, 4.69) is 4.98 Å². The van der Waals surface area contributed by atoms with Crippen molar-refractivity contribution in [2.45, 2.75) is 6.18 Å². The smallest absolute Gasteiger partial charge is 0.397 e. The number of nitrogens with two attached hydrogens (primary N) is 1. The molecule has 1 aliphatic heterocycles. The third-order valence-corrected chi connectivity index (χ3v) is 4.43. The highest BCUT2D eigenvalue weighted by Gasteiger charge is 2.36. The zero-order valence-corrected chi connectivity index (χ0v) is 14.7. The van der Waals surface area contributed by atoms with Crippen molar-refractivity contribution in [3.63, 3.8) is 0 Å². The number of imidazole rings is 1. The summed E-state index contributed by atoms with van der Waals surface area (Å²) in [5.41, 5.74) is 7.09. The molecule has 3 rings (SSSR count). The number of piperazine rings is 1. The van der Waals surface area contributed by atoms with Crippen molar-refractivity contribution in [1.29, 1.82) is 0 Å². The van der Waals surface area contributed by atoms with Gasteiger partial charge >= 0.3 is 6.18 Å². The Kier molecular flexibility index (Phi) is 5.26. The molecule has 0 radical (unpaired) electrons. The number of rotatable bonds is 4. The first-order valence-electron chi connectivity index (χ1n) is 8.33. The zero-order valence-electron chi connectivity index (χ0n) is 14.7. The van der Waals surface area contributed by atoms with Gasteiger partial charge in [-0.05, 0) is 18.2 Å². The summed E-state index contributed by atoms with van der Waals surface area (Å²) >= 11 is 0. The van der Waals surface area contributed by atoms with E-state index in [-0.39, 0.29) is 23.9 Å². The third-order valence-electron chi connectivity index (χ3n) is 4.43. The Bertz CT molecular complexity index is 813. The van der Waals surface area contributed by atoms with Crippen LogP contribution >= 0.6 is 0 Å². The van der Waals surface area contributed by atoms with Crippen LogP contribution in [0.5, 0.6) is 0 Å². The van der Waals surface area contributed by atoms with Gasteiger partial charge < -0.3 is 20.3 Å². The molecule has 1 amide bonds. The number of anilines is 2. The normalized spacial score (nSPS) is 15.3. The number of carbonyl (C=O) groups excluding carboxylic acids is 1. The number of methoxy groups -OCH3 is 1. The standard InChI is InChI=1S/C17H20F3N5O2/c1-27-11-15(26)24-8-6-23(7-9-24)12-2-3-13(21)14(10-12)25-5-4-22-16(25)17(18,19)20/h2-5,10H,6-9,11,21H2,1H3. The molecule has 27 heavy (non-hydrogen) atoms. The number of nitrogens with zero attached hydrogens (tertiary/aromatic N) is 4. The average Bonchev–Trinajstić information content (AvgIpc) is 3.12. The van der Waals surface area contributed by atoms with Crippen LogP contribution < -0.4 is 10.6 Å². The number of carbonyl (C=O) groups is 1. The van der Waals surface area contributed by atoms with Crippen molar-refractivity contribution in [1.82, 2.24) is 14.5 Å². The Balaban J connectivity index is 1.81. The highest BCUT2D eigenvalue weighted by molar-refractivity contribution is 5.77. The molecule has 2 N–H and O–H groups in total. The van der Waals surface area contributed by atoms with Crippen molar-refractivity contribution in [3.8, 4) is 5.69 Å². The molecule has 0 spiro atoms. The van der Waals surface area contributed by atoms with Gasteiger partial charge in [0.2, 0.25) is 11.7 Å². The van der Waals surface area contributed by atoms with Crippen LogP contribution in [-0.2, 0) is 15.7 Å². The monoisotopic (exact) mass is 383 g/mol. The number of halogens is 3. The zero-order chi connectivity index (χ0) is 19.6.